The monoisotopic (exact) mass is 496 g/mol. The van der Waals surface area contributed by atoms with Gasteiger partial charge in [0.15, 0.2) is 0 Å². The molecule has 0 spiro atoms. The Morgan fingerprint density at radius 3 is 2.44 bits per heavy atom. The van der Waals surface area contributed by atoms with Crippen LogP contribution in [0.2, 0.25) is 0 Å². The van der Waals surface area contributed by atoms with E-state index < -0.39 is 15.9 Å². The minimum Gasteiger partial charge on any atom is -0.365 e. The number of primary amides is 1. The molecule has 1 fully saturated rings. The summed E-state index contributed by atoms with van der Waals surface area (Å²) in [6.45, 7) is 2.29. The summed E-state index contributed by atoms with van der Waals surface area (Å²) in [5.41, 5.74) is 8.05. The largest absolute Gasteiger partial charge is 0.365 e. The number of fused-ring (bicyclic) bond motifs is 3. The first kappa shape index (κ1) is 22.6. The van der Waals surface area contributed by atoms with Crippen molar-refractivity contribution < 1.29 is 18.0 Å². The smallest absolute Gasteiger partial charge is 0.264 e. The molecular formula is C24H24N4O4S2. The van der Waals surface area contributed by atoms with Crippen molar-refractivity contribution in [2.24, 2.45) is 5.73 Å². The number of para-hydroxylation sites is 1. The van der Waals surface area contributed by atoms with Gasteiger partial charge in [0.2, 0.25) is 5.91 Å². The standard InChI is InChI=1S/C24H24N4O4S2/c25-24(30)21-13-16-14-28(20-6-2-1-5-19(20)23(16)33-21)34(31,32)18-9-7-17(8-10-18)26-22(29)15-27-11-3-4-12-27/h1-2,5-10,13H,3-4,11-12,14-15H2,(H2,25,30)(H,26,29). The molecule has 176 valence electrons. The molecule has 5 rings (SSSR count). The Morgan fingerprint density at radius 1 is 1.03 bits per heavy atom. The molecule has 2 amide bonds. The molecule has 0 atom stereocenters. The summed E-state index contributed by atoms with van der Waals surface area (Å²) < 4.78 is 28.6. The summed E-state index contributed by atoms with van der Waals surface area (Å²) in [5, 5.41) is 2.84. The molecule has 0 saturated carbocycles. The van der Waals surface area contributed by atoms with Crippen LogP contribution in [0.3, 0.4) is 0 Å². The summed E-state index contributed by atoms with van der Waals surface area (Å²) in [5.74, 6) is -0.647. The van der Waals surface area contributed by atoms with Gasteiger partial charge in [-0.3, -0.25) is 18.8 Å². The highest BCUT2D eigenvalue weighted by atomic mass is 32.2. The van der Waals surface area contributed by atoms with Crippen molar-refractivity contribution >= 4 is 44.5 Å². The third kappa shape index (κ3) is 4.20. The van der Waals surface area contributed by atoms with E-state index >= 15 is 0 Å². The van der Waals surface area contributed by atoms with E-state index in [1.165, 1.54) is 27.8 Å². The van der Waals surface area contributed by atoms with Crippen LogP contribution in [0.25, 0.3) is 10.4 Å². The van der Waals surface area contributed by atoms with Gasteiger partial charge in [-0.1, -0.05) is 18.2 Å². The molecule has 2 aliphatic rings. The van der Waals surface area contributed by atoms with E-state index in [4.69, 9.17) is 5.73 Å². The second-order valence-corrected chi connectivity index (χ2v) is 11.3. The summed E-state index contributed by atoms with van der Waals surface area (Å²) in [7, 11) is -3.89. The van der Waals surface area contributed by atoms with E-state index in [1.54, 1.807) is 30.3 Å². The quantitative estimate of drug-likeness (QED) is 0.544. The Bertz CT molecular complexity index is 1360. The molecule has 8 nitrogen and oxygen atoms in total. The fraction of sp³-hybridized carbons (Fsp3) is 0.250. The summed E-state index contributed by atoms with van der Waals surface area (Å²) >= 11 is 1.27. The van der Waals surface area contributed by atoms with Crippen LogP contribution in [0, 0.1) is 0 Å². The lowest BCUT2D eigenvalue weighted by Crippen LogP contribution is -2.33. The number of anilines is 2. The highest BCUT2D eigenvalue weighted by molar-refractivity contribution is 7.92. The molecule has 3 N–H and O–H groups in total. The first-order chi connectivity index (χ1) is 16.3. The molecule has 3 heterocycles. The molecule has 0 bridgehead atoms. The molecule has 10 heteroatoms. The number of likely N-dealkylation sites (tertiary alicyclic amines) is 1. The van der Waals surface area contributed by atoms with Crippen molar-refractivity contribution in [2.75, 3.05) is 29.3 Å². The zero-order valence-electron chi connectivity index (χ0n) is 18.4. The number of thiophene rings is 1. The number of rotatable bonds is 6. The lowest BCUT2D eigenvalue weighted by molar-refractivity contribution is -0.117. The van der Waals surface area contributed by atoms with Crippen molar-refractivity contribution in [1.29, 1.82) is 0 Å². The maximum atomic E-state index is 13.6. The SMILES string of the molecule is NC(=O)c1cc2c(s1)-c1ccccc1N(S(=O)(=O)c1ccc(NC(=O)CN3CCCC3)cc1)C2. The predicted molar refractivity (Wildman–Crippen MR) is 132 cm³/mol. The number of nitrogens with two attached hydrogens (primary N) is 1. The van der Waals surface area contributed by atoms with E-state index in [1.807, 2.05) is 12.1 Å². The number of amides is 2. The maximum Gasteiger partial charge on any atom is 0.264 e. The fourth-order valence-corrected chi connectivity index (χ4v) is 6.94. The van der Waals surface area contributed by atoms with Crippen LogP contribution >= 0.6 is 11.3 Å². The average Bonchev–Trinajstić information content (AvgIpc) is 3.49. The Kier molecular flexibility index (Phi) is 5.88. The number of sulfonamides is 1. The Labute approximate surface area is 202 Å². The number of hydrogen-bond acceptors (Lipinski definition) is 6. The molecule has 34 heavy (non-hydrogen) atoms. The molecule has 0 unspecified atom stereocenters. The van der Waals surface area contributed by atoms with E-state index in [0.29, 0.717) is 22.8 Å². The van der Waals surface area contributed by atoms with Gasteiger partial charge < -0.3 is 11.1 Å². The number of nitrogens with zero attached hydrogens (tertiary/aromatic N) is 2. The van der Waals surface area contributed by atoms with Gasteiger partial charge in [-0.05, 0) is 67.9 Å². The van der Waals surface area contributed by atoms with E-state index in [-0.39, 0.29) is 17.3 Å². The summed E-state index contributed by atoms with van der Waals surface area (Å²) in [6, 6.07) is 15.1. The third-order valence-corrected chi connectivity index (χ3v) is 9.07. The van der Waals surface area contributed by atoms with Crippen molar-refractivity contribution in [3.8, 4) is 10.4 Å². The fourth-order valence-electron chi connectivity index (χ4n) is 4.41. The van der Waals surface area contributed by atoms with Crippen LogP contribution in [-0.2, 0) is 21.4 Å². The number of carbonyl (C=O) groups is 2. The third-order valence-electron chi connectivity index (χ3n) is 6.08. The first-order valence-corrected chi connectivity index (χ1v) is 13.3. The number of nitrogens with one attached hydrogen (secondary N) is 1. The highest BCUT2D eigenvalue weighted by Crippen LogP contribution is 2.45. The number of hydrogen-bond donors (Lipinski definition) is 2. The highest BCUT2D eigenvalue weighted by Gasteiger charge is 2.33. The molecule has 0 radical (unpaired) electrons. The van der Waals surface area contributed by atoms with Gasteiger partial charge in [-0.2, -0.15) is 0 Å². The lowest BCUT2D eigenvalue weighted by atomic mass is 10.0. The van der Waals surface area contributed by atoms with E-state index in [2.05, 4.69) is 10.2 Å². The lowest BCUT2D eigenvalue weighted by Gasteiger charge is -2.30. The Hall–Kier alpha value is -3.21. The second-order valence-electron chi connectivity index (χ2n) is 8.41. The maximum absolute atomic E-state index is 13.6. The van der Waals surface area contributed by atoms with E-state index in [0.717, 1.165) is 41.9 Å². The van der Waals surface area contributed by atoms with Gasteiger partial charge in [0.05, 0.1) is 28.5 Å². The van der Waals surface area contributed by atoms with Crippen molar-refractivity contribution in [3.63, 3.8) is 0 Å². The molecule has 3 aromatic rings. The van der Waals surface area contributed by atoms with Crippen LogP contribution in [0.4, 0.5) is 11.4 Å². The predicted octanol–water partition coefficient (Wildman–Crippen LogP) is 3.26. The van der Waals surface area contributed by atoms with Crippen molar-refractivity contribution in [1.82, 2.24) is 4.90 Å². The van der Waals surface area contributed by atoms with Crippen LogP contribution < -0.4 is 15.4 Å². The van der Waals surface area contributed by atoms with Crippen LogP contribution in [0.5, 0.6) is 0 Å². The second kappa shape index (κ2) is 8.86. The molecular weight excluding hydrogens is 472 g/mol. The Morgan fingerprint density at radius 2 is 1.74 bits per heavy atom. The van der Waals surface area contributed by atoms with Gasteiger partial charge in [0.25, 0.3) is 15.9 Å². The molecule has 1 aromatic heterocycles. The molecule has 2 aliphatic heterocycles. The first-order valence-electron chi connectivity index (χ1n) is 11.0. The zero-order chi connectivity index (χ0) is 23.9. The Balaban J connectivity index is 1.40. The van der Waals surface area contributed by atoms with Crippen molar-refractivity contribution in [3.05, 3.63) is 65.0 Å². The number of carbonyl (C=O) groups excluding carboxylic acids is 2. The van der Waals surface area contributed by atoms with Crippen molar-refractivity contribution in [2.45, 2.75) is 24.3 Å². The van der Waals surface area contributed by atoms with Gasteiger partial charge in [0.1, 0.15) is 0 Å². The number of benzene rings is 2. The molecule has 2 aromatic carbocycles. The summed E-state index contributed by atoms with van der Waals surface area (Å²) in [6.07, 6.45) is 2.21. The van der Waals surface area contributed by atoms with Gasteiger partial charge >= 0.3 is 0 Å². The van der Waals surface area contributed by atoms with Crippen LogP contribution in [-0.4, -0.2) is 44.8 Å². The minimum absolute atomic E-state index is 0.104. The van der Waals surface area contributed by atoms with Crippen LogP contribution in [0.1, 0.15) is 28.1 Å². The summed E-state index contributed by atoms with van der Waals surface area (Å²) in [4.78, 5) is 27.5. The van der Waals surface area contributed by atoms with Gasteiger partial charge in [-0.25, -0.2) is 8.42 Å². The minimum atomic E-state index is -3.89. The van der Waals surface area contributed by atoms with Gasteiger partial charge in [0, 0.05) is 16.1 Å². The average molecular weight is 497 g/mol. The van der Waals surface area contributed by atoms with E-state index in [9.17, 15) is 18.0 Å². The normalized spacial score (nSPS) is 15.6. The van der Waals surface area contributed by atoms with Crippen LogP contribution in [0.15, 0.2) is 59.5 Å². The molecule has 1 saturated heterocycles. The zero-order valence-corrected chi connectivity index (χ0v) is 20.0. The van der Waals surface area contributed by atoms with Gasteiger partial charge in [-0.15, -0.1) is 11.3 Å². The topological polar surface area (TPSA) is 113 Å². The molecule has 0 aliphatic carbocycles.